The predicted octanol–water partition coefficient (Wildman–Crippen LogP) is 12.3. The van der Waals surface area contributed by atoms with Crippen molar-refractivity contribution in [3.8, 4) is 22.6 Å². The van der Waals surface area contributed by atoms with Crippen LogP contribution < -0.4 is 0 Å². The Kier molecular flexibility index (Phi) is 7.56. The highest BCUT2D eigenvalue weighted by Crippen LogP contribution is 2.38. The lowest BCUT2D eigenvalue weighted by Gasteiger charge is -2.21. The van der Waals surface area contributed by atoms with E-state index in [9.17, 15) is 0 Å². The number of aliphatic imine (C=N–C) groups is 2. The molecule has 0 amide bonds. The van der Waals surface area contributed by atoms with Gasteiger partial charge in [0.15, 0.2) is 6.17 Å². The molecule has 11 rings (SSSR count). The molecule has 264 valence electrons. The van der Waals surface area contributed by atoms with Gasteiger partial charge < -0.3 is 4.57 Å². The van der Waals surface area contributed by atoms with Gasteiger partial charge in [0.05, 0.1) is 33.5 Å². The molecule has 0 spiro atoms. The summed E-state index contributed by atoms with van der Waals surface area (Å²) in [7, 11) is 0. The Bertz CT molecular complexity index is 3080. The normalized spacial score (nSPS) is 13.4. The number of benzene rings is 7. The van der Waals surface area contributed by atoms with E-state index in [0.717, 1.165) is 50.7 Å². The summed E-state index contributed by atoms with van der Waals surface area (Å²) in [6, 6.07) is 66.7. The van der Waals surface area contributed by atoms with Gasteiger partial charge in [-0.05, 0) is 82.9 Å². The van der Waals surface area contributed by atoms with Crippen LogP contribution in [0.5, 0.6) is 0 Å². The second-order valence-corrected chi connectivity index (χ2v) is 14.4. The zero-order chi connectivity index (χ0) is 37.0. The van der Waals surface area contributed by atoms with Gasteiger partial charge in [0, 0.05) is 45.4 Å². The van der Waals surface area contributed by atoms with Gasteiger partial charge in [-0.3, -0.25) is 14.6 Å². The van der Waals surface area contributed by atoms with Crippen molar-refractivity contribution in [1.82, 2.24) is 14.1 Å². The molecule has 0 radical (unpaired) electrons. The van der Waals surface area contributed by atoms with Crippen molar-refractivity contribution in [2.45, 2.75) is 12.6 Å². The third-order valence-electron chi connectivity index (χ3n) is 11.1. The number of rotatable bonds is 6. The summed E-state index contributed by atoms with van der Waals surface area (Å²) in [5.74, 6) is 0.859. The molecule has 3 aromatic heterocycles. The molecular weight excluding hydrogens is 683 g/mol. The molecule has 4 heterocycles. The Morgan fingerprint density at radius 3 is 1.43 bits per heavy atom. The maximum absolute atomic E-state index is 5.16. The Morgan fingerprint density at radius 1 is 0.393 bits per heavy atom. The van der Waals surface area contributed by atoms with E-state index >= 15 is 0 Å². The van der Waals surface area contributed by atoms with Crippen molar-refractivity contribution >= 4 is 55.0 Å². The van der Waals surface area contributed by atoms with Crippen LogP contribution in [0.4, 0.5) is 0 Å². The van der Waals surface area contributed by atoms with Crippen molar-refractivity contribution in [2.24, 2.45) is 9.98 Å². The van der Waals surface area contributed by atoms with Crippen LogP contribution in [0.15, 0.2) is 204 Å². The highest BCUT2D eigenvalue weighted by atomic mass is 15.1. The minimum absolute atomic E-state index is 0.379. The molecule has 5 heteroatoms. The summed E-state index contributed by atoms with van der Waals surface area (Å²) in [5, 5.41) is 4.88. The van der Waals surface area contributed by atoms with Crippen molar-refractivity contribution in [1.29, 1.82) is 0 Å². The molecule has 0 aliphatic carbocycles. The largest absolute Gasteiger partial charge is 0.309 e. The van der Waals surface area contributed by atoms with Crippen LogP contribution >= 0.6 is 0 Å². The molecule has 1 aliphatic heterocycles. The fourth-order valence-corrected chi connectivity index (χ4v) is 8.43. The first-order valence-corrected chi connectivity index (χ1v) is 19.1. The van der Waals surface area contributed by atoms with Crippen LogP contribution in [-0.4, -0.2) is 25.5 Å². The first-order valence-electron chi connectivity index (χ1n) is 19.1. The van der Waals surface area contributed by atoms with Crippen LogP contribution in [0.3, 0.4) is 0 Å². The van der Waals surface area contributed by atoms with E-state index in [1.54, 1.807) is 0 Å². The van der Waals surface area contributed by atoms with Crippen LogP contribution in [0, 0.1) is 0 Å². The first kappa shape index (κ1) is 32.1. The fourth-order valence-electron chi connectivity index (χ4n) is 8.43. The van der Waals surface area contributed by atoms with Gasteiger partial charge in [-0.1, -0.05) is 127 Å². The third-order valence-corrected chi connectivity index (χ3v) is 11.1. The van der Waals surface area contributed by atoms with Gasteiger partial charge in [-0.15, -0.1) is 0 Å². The molecule has 0 saturated heterocycles. The molecule has 0 N–H and O–H groups in total. The monoisotopic (exact) mass is 717 g/mol. The Morgan fingerprint density at radius 2 is 0.875 bits per heavy atom. The van der Waals surface area contributed by atoms with E-state index in [1.807, 2.05) is 18.3 Å². The highest BCUT2D eigenvalue weighted by Gasteiger charge is 2.22. The second kappa shape index (κ2) is 13.2. The van der Waals surface area contributed by atoms with Crippen molar-refractivity contribution in [3.05, 3.63) is 211 Å². The third kappa shape index (κ3) is 5.36. The molecule has 0 unspecified atom stereocenters. The topological polar surface area (TPSA) is 47.5 Å². The van der Waals surface area contributed by atoms with Gasteiger partial charge in [0.1, 0.15) is 5.82 Å². The number of hydrogen-bond donors (Lipinski definition) is 0. The summed E-state index contributed by atoms with van der Waals surface area (Å²) < 4.78 is 4.63. The zero-order valence-electron chi connectivity index (χ0n) is 30.5. The number of pyridine rings is 1. The molecule has 0 bridgehead atoms. The Labute approximate surface area is 324 Å². The molecule has 7 aromatic carbocycles. The number of hydrogen-bond acceptors (Lipinski definition) is 3. The van der Waals surface area contributed by atoms with Crippen molar-refractivity contribution < 1.29 is 0 Å². The molecule has 1 aliphatic rings. The van der Waals surface area contributed by atoms with Gasteiger partial charge in [0.2, 0.25) is 0 Å². The minimum Gasteiger partial charge on any atom is -0.309 e. The smallest absolute Gasteiger partial charge is 0.167 e. The maximum atomic E-state index is 5.16. The van der Waals surface area contributed by atoms with Crippen LogP contribution in [0.1, 0.15) is 29.3 Å². The first-order chi connectivity index (χ1) is 27.8. The minimum atomic E-state index is -0.379. The van der Waals surface area contributed by atoms with Gasteiger partial charge in [-0.25, -0.2) is 4.98 Å². The SMILES string of the molecule is c1ccc(C2=NC(c3ccc(-n4c5ccccc5c5cc(-c6ccc7c(c6)c6ccccc6n7-c6ccccc6)ccc54)nc3)N=C(c3ccccc3)C2)cc1. The summed E-state index contributed by atoms with van der Waals surface area (Å²) in [6.07, 6.45) is 2.25. The Balaban J connectivity index is 0.993. The standard InChI is InChI=1S/C51H35N5/c1-4-14-34(15-5-1)44-32-45(35-16-6-2-7-17-35)54-51(53-44)38-26-29-50(52-33-38)56-47-23-13-11-21-41(47)43-31-37(25-28-49(43)56)36-24-27-48-42(30-36)40-20-10-12-22-46(40)55(48)39-18-8-3-9-19-39/h1-31,33,51H,32H2. The van der Waals surface area contributed by atoms with E-state index in [1.165, 1.54) is 43.7 Å². The molecular formula is C51H35N5. The van der Waals surface area contributed by atoms with E-state index in [0.29, 0.717) is 6.42 Å². The van der Waals surface area contributed by atoms with Crippen molar-refractivity contribution in [3.63, 3.8) is 0 Å². The van der Waals surface area contributed by atoms with E-state index in [2.05, 4.69) is 185 Å². The zero-order valence-corrected chi connectivity index (χ0v) is 30.5. The van der Waals surface area contributed by atoms with Gasteiger partial charge in [0.25, 0.3) is 0 Å². The molecule has 0 atom stereocenters. The average molecular weight is 718 g/mol. The summed E-state index contributed by atoms with van der Waals surface area (Å²) >= 11 is 0. The summed E-state index contributed by atoms with van der Waals surface area (Å²) in [6.45, 7) is 0. The highest BCUT2D eigenvalue weighted by molar-refractivity contribution is 6.19. The lowest BCUT2D eigenvalue weighted by atomic mass is 9.98. The molecule has 56 heavy (non-hydrogen) atoms. The lowest BCUT2D eigenvalue weighted by Crippen LogP contribution is -2.18. The molecule has 0 saturated carbocycles. The summed E-state index contributed by atoms with van der Waals surface area (Å²) in [5.41, 5.74) is 13.4. The van der Waals surface area contributed by atoms with Crippen LogP contribution in [0.25, 0.3) is 66.2 Å². The lowest BCUT2D eigenvalue weighted by molar-refractivity contribution is 0.758. The van der Waals surface area contributed by atoms with Crippen molar-refractivity contribution in [2.75, 3.05) is 0 Å². The van der Waals surface area contributed by atoms with Gasteiger partial charge >= 0.3 is 0 Å². The van der Waals surface area contributed by atoms with E-state index < -0.39 is 0 Å². The van der Waals surface area contributed by atoms with Gasteiger partial charge in [-0.2, -0.15) is 0 Å². The number of fused-ring (bicyclic) bond motifs is 6. The number of aromatic nitrogens is 3. The quantitative estimate of drug-likeness (QED) is 0.169. The maximum Gasteiger partial charge on any atom is 0.167 e. The number of nitrogens with zero attached hydrogens (tertiary/aromatic N) is 5. The Hall–Kier alpha value is -7.37. The van der Waals surface area contributed by atoms with Crippen LogP contribution in [-0.2, 0) is 0 Å². The average Bonchev–Trinajstić information content (AvgIpc) is 3.79. The van der Waals surface area contributed by atoms with E-state index in [-0.39, 0.29) is 6.17 Å². The summed E-state index contributed by atoms with van der Waals surface area (Å²) in [4.78, 5) is 15.4. The predicted molar refractivity (Wildman–Crippen MR) is 232 cm³/mol. The molecule has 5 nitrogen and oxygen atoms in total. The molecule has 0 fully saturated rings. The molecule has 10 aromatic rings. The van der Waals surface area contributed by atoms with Crippen LogP contribution in [0.2, 0.25) is 0 Å². The van der Waals surface area contributed by atoms with E-state index in [4.69, 9.17) is 15.0 Å². The second-order valence-electron chi connectivity index (χ2n) is 14.4. The fraction of sp³-hybridized carbons (Fsp3) is 0.0392. The number of para-hydroxylation sites is 3.